The highest BCUT2D eigenvalue weighted by molar-refractivity contribution is 5.70. The first-order valence-electron chi connectivity index (χ1n) is 40.6. The molecule has 0 aromatic heterocycles. The predicted octanol–water partition coefficient (Wildman–Crippen LogP) is 24.5. The minimum absolute atomic E-state index is 0.152. The Kier molecular flexibility index (Phi) is 72.3. The lowest BCUT2D eigenvalue weighted by Crippen LogP contribution is -2.44. The minimum Gasteiger partial charge on any atom is -0.545 e. The zero-order chi connectivity index (χ0) is 66.8. The van der Waals surface area contributed by atoms with E-state index in [2.05, 4.69) is 50.3 Å². The SMILES string of the molecule is CCCCCCC/C=C\C/C=C\C/C=C\CCCCCCCCCCCCCCCCCCCCCCCCCCC(=O)OC(COC(=O)CCCCCCCCCCCCCCCCCCCCCCCCCCCCCC)COC(OCC[N+](C)(C)C)C(=O)[O-]. The topological polar surface area (TPSA) is 111 Å². The summed E-state index contributed by atoms with van der Waals surface area (Å²) in [6.07, 6.45) is 92.8. The standard InChI is InChI=1S/C83H157NO8/c1-6-8-10-12-14-16-18-20-22-24-26-28-30-32-34-36-37-38-39-40-41-42-43-44-45-46-48-50-52-54-56-58-60-62-64-66-68-70-72-74-81(86)92-79(78-91-83(82(87)88)89-76-75-84(3,4)5)77-90-80(85)73-71-69-67-65-63-61-59-57-55-53-51-49-47-35-33-31-29-27-25-23-21-19-17-15-13-11-9-7-2/h18,20,24,26,30,32,79,83H,6-17,19,21-23,25,27-29,31,33-78H2,1-5H3/b20-18-,26-24-,32-30-. The molecule has 0 rings (SSSR count). The zero-order valence-electron chi connectivity index (χ0n) is 62.2. The van der Waals surface area contributed by atoms with Crippen molar-refractivity contribution >= 4 is 17.9 Å². The number of rotatable bonds is 77. The summed E-state index contributed by atoms with van der Waals surface area (Å²) >= 11 is 0. The maximum Gasteiger partial charge on any atom is 0.306 e. The molecule has 0 spiro atoms. The third-order valence-electron chi connectivity index (χ3n) is 18.6. The summed E-state index contributed by atoms with van der Waals surface area (Å²) in [4.78, 5) is 37.6. The Labute approximate surface area is 572 Å². The molecule has 0 aromatic carbocycles. The van der Waals surface area contributed by atoms with Crippen LogP contribution in [0.1, 0.15) is 418 Å². The fraction of sp³-hybridized carbons (Fsp3) is 0.892. The molecule has 0 saturated carbocycles. The van der Waals surface area contributed by atoms with Crippen LogP contribution in [0.5, 0.6) is 0 Å². The number of hydrogen-bond acceptors (Lipinski definition) is 8. The number of allylic oxidation sites excluding steroid dienone is 6. The average Bonchev–Trinajstić information content (AvgIpc) is 3.75. The monoisotopic (exact) mass is 1300 g/mol. The average molecular weight is 1300 g/mol. The van der Waals surface area contributed by atoms with E-state index >= 15 is 0 Å². The van der Waals surface area contributed by atoms with Crippen molar-refractivity contribution in [2.24, 2.45) is 0 Å². The number of nitrogens with zero attached hydrogens (tertiary/aromatic N) is 1. The van der Waals surface area contributed by atoms with Crippen molar-refractivity contribution in [1.29, 1.82) is 0 Å². The first-order valence-corrected chi connectivity index (χ1v) is 40.6. The number of esters is 2. The van der Waals surface area contributed by atoms with Crippen LogP contribution in [-0.2, 0) is 33.3 Å². The first-order chi connectivity index (χ1) is 45.1. The van der Waals surface area contributed by atoms with Crippen molar-refractivity contribution in [2.45, 2.75) is 431 Å². The Bertz CT molecular complexity index is 1600. The molecular formula is C83H157NO8. The van der Waals surface area contributed by atoms with Crippen LogP contribution < -0.4 is 5.11 Å². The second-order valence-electron chi connectivity index (χ2n) is 29.1. The van der Waals surface area contributed by atoms with E-state index in [-0.39, 0.29) is 32.2 Å². The van der Waals surface area contributed by atoms with Crippen LogP contribution >= 0.6 is 0 Å². The minimum atomic E-state index is -1.62. The van der Waals surface area contributed by atoms with Crippen molar-refractivity contribution in [2.75, 3.05) is 47.5 Å². The summed E-state index contributed by atoms with van der Waals surface area (Å²) in [5.41, 5.74) is 0. The predicted molar refractivity (Wildman–Crippen MR) is 394 cm³/mol. The summed E-state index contributed by atoms with van der Waals surface area (Å²) in [6, 6.07) is 0. The quantitative estimate of drug-likeness (QED) is 0.0195. The molecule has 0 fully saturated rings. The number of aliphatic carboxylic acids is 1. The van der Waals surface area contributed by atoms with Crippen molar-refractivity contribution in [3.8, 4) is 0 Å². The Hall–Kier alpha value is -2.49. The molecule has 0 heterocycles. The lowest BCUT2D eigenvalue weighted by atomic mass is 10.0. The second kappa shape index (κ2) is 74.3. The highest BCUT2D eigenvalue weighted by Gasteiger charge is 2.22. The van der Waals surface area contributed by atoms with Gasteiger partial charge in [-0.2, -0.15) is 0 Å². The summed E-state index contributed by atoms with van der Waals surface area (Å²) in [6.45, 7) is 4.82. The molecule has 92 heavy (non-hydrogen) atoms. The molecule has 2 unspecified atom stereocenters. The Morgan fingerprint density at radius 2 is 0.587 bits per heavy atom. The molecule has 0 aliphatic heterocycles. The second-order valence-corrected chi connectivity index (χ2v) is 29.1. The molecule has 0 radical (unpaired) electrons. The van der Waals surface area contributed by atoms with Gasteiger partial charge in [-0.15, -0.1) is 0 Å². The summed E-state index contributed by atoms with van der Waals surface area (Å²) < 4.78 is 22.9. The van der Waals surface area contributed by atoms with E-state index in [1.807, 2.05) is 21.1 Å². The van der Waals surface area contributed by atoms with Gasteiger partial charge in [0.05, 0.1) is 40.3 Å². The van der Waals surface area contributed by atoms with E-state index in [1.165, 1.54) is 340 Å². The van der Waals surface area contributed by atoms with Gasteiger partial charge in [0.2, 0.25) is 0 Å². The van der Waals surface area contributed by atoms with Gasteiger partial charge in [-0.1, -0.05) is 391 Å². The lowest BCUT2D eigenvalue weighted by molar-refractivity contribution is -0.870. The third-order valence-corrected chi connectivity index (χ3v) is 18.6. The van der Waals surface area contributed by atoms with E-state index < -0.39 is 24.3 Å². The van der Waals surface area contributed by atoms with E-state index in [0.717, 1.165) is 51.4 Å². The van der Waals surface area contributed by atoms with Crippen molar-refractivity contribution < 1.29 is 42.9 Å². The number of carboxylic acid groups (broad SMARTS) is 1. The number of ether oxygens (including phenoxy) is 4. The molecule has 0 saturated heterocycles. The maximum absolute atomic E-state index is 13.0. The highest BCUT2D eigenvalue weighted by Crippen LogP contribution is 2.20. The van der Waals surface area contributed by atoms with Gasteiger partial charge in [-0.25, -0.2) is 0 Å². The van der Waals surface area contributed by atoms with Crippen LogP contribution in [-0.4, -0.2) is 82.3 Å². The van der Waals surface area contributed by atoms with Crippen molar-refractivity contribution in [1.82, 2.24) is 0 Å². The van der Waals surface area contributed by atoms with Gasteiger partial charge < -0.3 is 33.3 Å². The number of quaternary nitrogens is 1. The summed E-state index contributed by atoms with van der Waals surface area (Å²) in [5.74, 6) is -2.25. The summed E-state index contributed by atoms with van der Waals surface area (Å²) in [5, 5.41) is 11.9. The number of unbranched alkanes of at least 4 members (excludes halogenated alkanes) is 56. The Morgan fingerprint density at radius 3 is 0.870 bits per heavy atom. The van der Waals surface area contributed by atoms with Crippen LogP contribution in [0.25, 0.3) is 0 Å². The van der Waals surface area contributed by atoms with Crippen LogP contribution in [0.3, 0.4) is 0 Å². The van der Waals surface area contributed by atoms with Gasteiger partial charge in [-0.3, -0.25) is 9.59 Å². The number of carbonyl (C=O) groups excluding carboxylic acids is 3. The fourth-order valence-electron chi connectivity index (χ4n) is 12.4. The molecule has 542 valence electrons. The third kappa shape index (κ3) is 74.9. The number of carboxylic acids is 1. The molecule has 9 nitrogen and oxygen atoms in total. The molecule has 0 aromatic rings. The normalized spacial score (nSPS) is 12.8. The van der Waals surface area contributed by atoms with Crippen LogP contribution in [0, 0.1) is 0 Å². The van der Waals surface area contributed by atoms with E-state index in [9.17, 15) is 19.5 Å². The highest BCUT2D eigenvalue weighted by atomic mass is 16.7. The lowest BCUT2D eigenvalue weighted by Gasteiger charge is -2.26. The van der Waals surface area contributed by atoms with Gasteiger partial charge >= 0.3 is 11.9 Å². The van der Waals surface area contributed by atoms with Gasteiger partial charge in [0.15, 0.2) is 12.4 Å². The van der Waals surface area contributed by atoms with Gasteiger partial charge in [-0.05, 0) is 51.4 Å². The van der Waals surface area contributed by atoms with Crippen LogP contribution in [0.4, 0.5) is 0 Å². The van der Waals surface area contributed by atoms with E-state index in [1.54, 1.807) is 0 Å². The van der Waals surface area contributed by atoms with Gasteiger partial charge in [0.1, 0.15) is 13.2 Å². The molecule has 0 N–H and O–H groups in total. The smallest absolute Gasteiger partial charge is 0.306 e. The number of likely N-dealkylation sites (N-methyl/N-ethyl adjacent to an activating group) is 1. The Morgan fingerprint density at radius 1 is 0.326 bits per heavy atom. The van der Waals surface area contributed by atoms with Gasteiger partial charge in [0, 0.05) is 12.8 Å². The van der Waals surface area contributed by atoms with Crippen molar-refractivity contribution in [3.05, 3.63) is 36.5 Å². The Balaban J connectivity index is 3.95. The number of carbonyl (C=O) groups is 3. The molecule has 0 aliphatic carbocycles. The van der Waals surface area contributed by atoms with Crippen LogP contribution in [0.15, 0.2) is 36.5 Å². The maximum atomic E-state index is 13.0. The largest absolute Gasteiger partial charge is 0.545 e. The van der Waals surface area contributed by atoms with E-state index in [4.69, 9.17) is 18.9 Å². The molecule has 0 bridgehead atoms. The van der Waals surface area contributed by atoms with Gasteiger partial charge in [0.25, 0.3) is 0 Å². The first kappa shape index (κ1) is 89.5. The molecule has 9 heteroatoms. The number of hydrogen-bond donors (Lipinski definition) is 0. The molecule has 2 atom stereocenters. The zero-order valence-corrected chi connectivity index (χ0v) is 62.2. The summed E-state index contributed by atoms with van der Waals surface area (Å²) in [7, 11) is 5.95. The fourth-order valence-corrected chi connectivity index (χ4v) is 12.4. The van der Waals surface area contributed by atoms with Crippen LogP contribution in [0.2, 0.25) is 0 Å². The molecular weight excluding hydrogens is 1140 g/mol. The molecule has 0 amide bonds. The molecule has 0 aliphatic rings. The van der Waals surface area contributed by atoms with Crippen molar-refractivity contribution in [3.63, 3.8) is 0 Å². The van der Waals surface area contributed by atoms with E-state index in [0.29, 0.717) is 17.4 Å².